The molecule has 2 aromatic carbocycles. The minimum absolute atomic E-state index is 0.323. The van der Waals surface area contributed by atoms with Gasteiger partial charge in [-0.15, -0.1) is 0 Å². The first-order valence-corrected chi connectivity index (χ1v) is 10.6. The number of hydrogen-bond donors (Lipinski definition) is 0. The predicted molar refractivity (Wildman–Crippen MR) is 116 cm³/mol. The van der Waals surface area contributed by atoms with Crippen molar-refractivity contribution in [3.8, 4) is 11.5 Å². The van der Waals surface area contributed by atoms with Gasteiger partial charge in [0.2, 0.25) is 0 Å². The second kappa shape index (κ2) is 9.03. The number of anilines is 1. The summed E-state index contributed by atoms with van der Waals surface area (Å²) in [6, 6.07) is 10.2. The fraction of sp³-hybridized carbons (Fsp3) is 0.200. The molecular weight excluding hydrogens is 466 g/mol. The van der Waals surface area contributed by atoms with Crippen LogP contribution in [0, 0.1) is 0 Å². The number of imide groups is 1. The molecule has 0 radical (unpaired) electrons. The second-order valence-corrected chi connectivity index (χ2v) is 7.98. The van der Waals surface area contributed by atoms with E-state index in [0.717, 1.165) is 22.2 Å². The molecule has 8 heteroatoms. The Bertz CT molecular complexity index is 963. The quantitative estimate of drug-likeness (QED) is 0.463. The number of thioether (sulfide) groups is 1. The summed E-state index contributed by atoms with van der Waals surface area (Å²) in [7, 11) is 0. The maximum atomic E-state index is 12.8. The summed E-state index contributed by atoms with van der Waals surface area (Å²) in [6.07, 6.45) is 1.67. The van der Waals surface area contributed by atoms with Crippen LogP contribution in [0.4, 0.5) is 10.5 Å². The molecule has 0 aromatic heterocycles. The average molecular weight is 483 g/mol. The van der Waals surface area contributed by atoms with Gasteiger partial charge in [0.25, 0.3) is 11.1 Å². The minimum atomic E-state index is -0.389. The van der Waals surface area contributed by atoms with Gasteiger partial charge >= 0.3 is 0 Å². The minimum Gasteiger partial charge on any atom is -0.490 e. The fourth-order valence-electron chi connectivity index (χ4n) is 2.68. The van der Waals surface area contributed by atoms with Gasteiger partial charge in [0, 0.05) is 5.02 Å². The Hall–Kier alpha value is -1.96. The average Bonchev–Trinajstić information content (AvgIpc) is 2.91. The van der Waals surface area contributed by atoms with Gasteiger partial charge in [-0.1, -0.05) is 17.7 Å². The molecule has 1 saturated heterocycles. The molecule has 0 spiro atoms. The Kier molecular flexibility index (Phi) is 6.69. The summed E-state index contributed by atoms with van der Waals surface area (Å²) in [4.78, 5) is 26.6. The molecule has 0 aliphatic carbocycles. The van der Waals surface area contributed by atoms with Crippen molar-refractivity contribution < 1.29 is 19.1 Å². The first-order valence-electron chi connectivity index (χ1n) is 8.57. The second-order valence-electron chi connectivity index (χ2n) is 5.69. The number of hydrogen-bond acceptors (Lipinski definition) is 5. The highest BCUT2D eigenvalue weighted by atomic mass is 79.9. The third-order valence-electron chi connectivity index (χ3n) is 3.78. The van der Waals surface area contributed by atoms with Crippen molar-refractivity contribution in [3.63, 3.8) is 0 Å². The van der Waals surface area contributed by atoms with Crippen molar-refractivity contribution in [2.75, 3.05) is 18.1 Å². The molecular formula is C20H17BrClNO4S. The first kappa shape index (κ1) is 20.8. The molecule has 3 rings (SSSR count). The Morgan fingerprint density at radius 2 is 1.89 bits per heavy atom. The number of nitrogens with zero attached hydrogens (tertiary/aromatic N) is 1. The van der Waals surface area contributed by atoms with E-state index in [1.807, 2.05) is 19.9 Å². The maximum absolute atomic E-state index is 12.8. The zero-order valence-electron chi connectivity index (χ0n) is 15.2. The zero-order chi connectivity index (χ0) is 20.3. The van der Waals surface area contributed by atoms with Crippen LogP contribution in [0.15, 0.2) is 45.8 Å². The number of ether oxygens (including phenoxy) is 2. The summed E-state index contributed by atoms with van der Waals surface area (Å²) in [5.41, 5.74) is 1.16. The van der Waals surface area contributed by atoms with Gasteiger partial charge < -0.3 is 9.47 Å². The van der Waals surface area contributed by atoms with Gasteiger partial charge in [0.1, 0.15) is 0 Å². The molecule has 5 nitrogen and oxygen atoms in total. The number of rotatable bonds is 6. The van der Waals surface area contributed by atoms with E-state index in [-0.39, 0.29) is 11.1 Å². The van der Waals surface area contributed by atoms with E-state index in [1.54, 1.807) is 36.4 Å². The van der Waals surface area contributed by atoms with Crippen molar-refractivity contribution in [1.82, 2.24) is 0 Å². The van der Waals surface area contributed by atoms with E-state index in [9.17, 15) is 9.59 Å². The van der Waals surface area contributed by atoms with Crippen molar-refractivity contribution in [3.05, 3.63) is 56.4 Å². The van der Waals surface area contributed by atoms with E-state index in [1.165, 1.54) is 0 Å². The van der Waals surface area contributed by atoms with Gasteiger partial charge in [-0.2, -0.15) is 0 Å². The maximum Gasteiger partial charge on any atom is 0.298 e. The van der Waals surface area contributed by atoms with Gasteiger partial charge in [-0.05, 0) is 83.5 Å². The van der Waals surface area contributed by atoms with E-state index in [2.05, 4.69) is 15.9 Å². The van der Waals surface area contributed by atoms with Crippen LogP contribution in [0.3, 0.4) is 0 Å². The zero-order valence-corrected chi connectivity index (χ0v) is 18.4. The highest BCUT2D eigenvalue weighted by molar-refractivity contribution is 9.10. The predicted octanol–water partition coefficient (Wildman–Crippen LogP) is 6.14. The SMILES string of the molecule is CCOc1cc(C=C2SC(=O)N(c3cccc(Cl)c3)C2=O)cc(Br)c1OCC. The normalized spacial score (nSPS) is 15.4. The van der Waals surface area contributed by atoms with Crippen LogP contribution >= 0.6 is 39.3 Å². The lowest BCUT2D eigenvalue weighted by Gasteiger charge is -2.14. The number of halogens is 2. The molecule has 1 aliphatic heterocycles. The van der Waals surface area contributed by atoms with Crippen LogP contribution in [0.5, 0.6) is 11.5 Å². The van der Waals surface area contributed by atoms with Gasteiger partial charge in [0.05, 0.1) is 28.3 Å². The summed E-state index contributed by atoms with van der Waals surface area (Å²) < 4.78 is 12.0. The van der Waals surface area contributed by atoms with Crippen LogP contribution in [0.2, 0.25) is 5.02 Å². The Morgan fingerprint density at radius 3 is 2.57 bits per heavy atom. The Labute approximate surface area is 180 Å². The van der Waals surface area contributed by atoms with Crippen LogP contribution in [-0.2, 0) is 4.79 Å². The topological polar surface area (TPSA) is 55.8 Å². The molecule has 0 bridgehead atoms. The molecule has 1 heterocycles. The van der Waals surface area contributed by atoms with Gasteiger partial charge in [-0.25, -0.2) is 4.90 Å². The van der Waals surface area contributed by atoms with Crippen LogP contribution < -0.4 is 14.4 Å². The highest BCUT2D eigenvalue weighted by Gasteiger charge is 2.36. The van der Waals surface area contributed by atoms with E-state index in [0.29, 0.717) is 44.8 Å². The van der Waals surface area contributed by atoms with E-state index in [4.69, 9.17) is 21.1 Å². The molecule has 0 saturated carbocycles. The highest BCUT2D eigenvalue weighted by Crippen LogP contribution is 2.40. The van der Waals surface area contributed by atoms with Crippen LogP contribution in [0.1, 0.15) is 19.4 Å². The summed E-state index contributed by atoms with van der Waals surface area (Å²) >= 11 is 10.4. The molecule has 1 aliphatic rings. The van der Waals surface area contributed by atoms with Crippen molar-refractivity contribution >= 4 is 62.2 Å². The Morgan fingerprint density at radius 1 is 1.14 bits per heavy atom. The lowest BCUT2D eigenvalue weighted by atomic mass is 10.1. The van der Waals surface area contributed by atoms with Crippen LogP contribution in [-0.4, -0.2) is 24.4 Å². The summed E-state index contributed by atoms with van der Waals surface area (Å²) in [5.74, 6) is 0.785. The molecule has 146 valence electrons. The number of carbonyl (C=O) groups excluding carboxylic acids is 2. The molecule has 1 fully saturated rings. The molecule has 28 heavy (non-hydrogen) atoms. The monoisotopic (exact) mass is 481 g/mol. The number of carbonyl (C=O) groups is 2. The van der Waals surface area contributed by atoms with E-state index < -0.39 is 0 Å². The molecule has 0 N–H and O–H groups in total. The molecule has 0 atom stereocenters. The van der Waals surface area contributed by atoms with Gasteiger partial charge in [-0.3, -0.25) is 9.59 Å². The Balaban J connectivity index is 1.95. The molecule has 2 amide bonds. The molecule has 2 aromatic rings. The summed E-state index contributed by atoms with van der Waals surface area (Å²) in [6.45, 7) is 4.74. The van der Waals surface area contributed by atoms with E-state index >= 15 is 0 Å². The smallest absolute Gasteiger partial charge is 0.298 e. The van der Waals surface area contributed by atoms with Crippen molar-refractivity contribution in [1.29, 1.82) is 0 Å². The van der Waals surface area contributed by atoms with Crippen molar-refractivity contribution in [2.45, 2.75) is 13.8 Å². The standard InChI is InChI=1S/C20H17BrClNO4S/c1-3-26-16-9-12(8-15(21)18(16)27-4-2)10-17-19(24)23(20(25)28-17)14-7-5-6-13(22)11-14/h5-11H,3-4H2,1-2H3. The van der Waals surface area contributed by atoms with Crippen LogP contribution in [0.25, 0.3) is 6.08 Å². The van der Waals surface area contributed by atoms with Crippen molar-refractivity contribution in [2.24, 2.45) is 0 Å². The lowest BCUT2D eigenvalue weighted by Crippen LogP contribution is -2.27. The largest absolute Gasteiger partial charge is 0.490 e. The third-order valence-corrected chi connectivity index (χ3v) is 5.47. The first-order chi connectivity index (χ1) is 13.4. The lowest BCUT2D eigenvalue weighted by molar-refractivity contribution is -0.113. The number of benzene rings is 2. The molecule has 0 unspecified atom stereocenters. The number of amides is 2. The summed E-state index contributed by atoms with van der Waals surface area (Å²) in [5, 5.41) is 0.0888. The van der Waals surface area contributed by atoms with Gasteiger partial charge in [0.15, 0.2) is 11.5 Å². The third kappa shape index (κ3) is 4.37. The fourth-order valence-corrected chi connectivity index (χ4v) is 4.28.